The van der Waals surface area contributed by atoms with E-state index in [0.29, 0.717) is 18.4 Å². The molecule has 0 radical (unpaired) electrons. The number of likely N-dealkylation sites (N-methyl/N-ethyl adjacent to an activating group) is 1. The fourth-order valence-electron chi connectivity index (χ4n) is 2.25. The number of halogens is 3. The minimum absolute atomic E-state index is 0.345. The van der Waals surface area contributed by atoms with Crippen LogP contribution in [0.2, 0.25) is 0 Å². The van der Waals surface area contributed by atoms with Crippen LogP contribution in [0.15, 0.2) is 12.3 Å². The van der Waals surface area contributed by atoms with Crippen LogP contribution in [0.3, 0.4) is 0 Å². The van der Waals surface area contributed by atoms with Gasteiger partial charge >= 0.3 is 6.18 Å². The first-order valence-electron chi connectivity index (χ1n) is 6.19. The molecule has 0 bridgehead atoms. The second-order valence-electron chi connectivity index (χ2n) is 4.94. The minimum Gasteiger partial charge on any atom is -0.355 e. The number of nitrogens with zero attached hydrogens (tertiary/aromatic N) is 4. The summed E-state index contributed by atoms with van der Waals surface area (Å²) in [5.41, 5.74) is 0. The maximum absolute atomic E-state index is 12.6. The molecule has 0 N–H and O–H groups in total. The van der Waals surface area contributed by atoms with E-state index >= 15 is 0 Å². The molecule has 0 aliphatic carbocycles. The fraction of sp³-hybridized carbons (Fsp3) is 0.667. The zero-order valence-electron chi connectivity index (χ0n) is 11.0. The van der Waals surface area contributed by atoms with Gasteiger partial charge in [-0.1, -0.05) is 0 Å². The van der Waals surface area contributed by atoms with Gasteiger partial charge in [0.2, 0.25) is 5.82 Å². The van der Waals surface area contributed by atoms with Gasteiger partial charge in [-0.3, -0.25) is 0 Å². The van der Waals surface area contributed by atoms with Gasteiger partial charge in [-0.05, 0) is 33.0 Å². The van der Waals surface area contributed by atoms with Crippen molar-refractivity contribution in [2.75, 3.05) is 32.1 Å². The lowest BCUT2D eigenvalue weighted by Crippen LogP contribution is -2.45. The van der Waals surface area contributed by atoms with Crippen LogP contribution < -0.4 is 4.90 Å². The Kier molecular flexibility index (Phi) is 3.93. The number of piperidine rings is 1. The van der Waals surface area contributed by atoms with Crippen LogP contribution in [-0.4, -0.2) is 48.1 Å². The smallest absolute Gasteiger partial charge is 0.355 e. The third-order valence-electron chi connectivity index (χ3n) is 3.35. The van der Waals surface area contributed by atoms with Gasteiger partial charge in [0.15, 0.2) is 0 Å². The quantitative estimate of drug-likeness (QED) is 0.826. The summed E-state index contributed by atoms with van der Waals surface area (Å²) in [6, 6.07) is 1.88. The molecular weight excluding hydrogens is 257 g/mol. The van der Waals surface area contributed by atoms with Crippen molar-refractivity contribution in [2.24, 2.45) is 0 Å². The van der Waals surface area contributed by atoms with Crippen molar-refractivity contribution in [3.63, 3.8) is 0 Å². The van der Waals surface area contributed by atoms with Gasteiger partial charge in [-0.2, -0.15) is 13.2 Å². The Morgan fingerprint density at radius 2 is 2.11 bits per heavy atom. The summed E-state index contributed by atoms with van der Waals surface area (Å²) in [5.74, 6) is -0.717. The van der Waals surface area contributed by atoms with Crippen molar-refractivity contribution >= 4 is 5.82 Å². The molecule has 1 aliphatic rings. The Hall–Kier alpha value is -1.37. The first-order valence-corrected chi connectivity index (χ1v) is 6.19. The van der Waals surface area contributed by atoms with Crippen LogP contribution in [-0.2, 0) is 6.18 Å². The van der Waals surface area contributed by atoms with Crippen molar-refractivity contribution in [1.82, 2.24) is 14.9 Å². The number of anilines is 1. The molecule has 1 saturated heterocycles. The molecule has 0 saturated carbocycles. The van der Waals surface area contributed by atoms with Crippen molar-refractivity contribution in [3.05, 3.63) is 18.1 Å². The molecule has 7 heteroatoms. The van der Waals surface area contributed by atoms with Gasteiger partial charge in [-0.15, -0.1) is 0 Å². The van der Waals surface area contributed by atoms with Gasteiger partial charge in [0, 0.05) is 25.3 Å². The largest absolute Gasteiger partial charge is 0.451 e. The second-order valence-corrected chi connectivity index (χ2v) is 4.94. The molecule has 0 unspecified atom stereocenters. The van der Waals surface area contributed by atoms with Gasteiger partial charge in [0.1, 0.15) is 5.82 Å². The highest BCUT2D eigenvalue weighted by atomic mass is 19.4. The van der Waals surface area contributed by atoms with E-state index in [-0.39, 0.29) is 0 Å². The Morgan fingerprint density at radius 3 is 2.74 bits per heavy atom. The summed E-state index contributed by atoms with van der Waals surface area (Å²) in [6.45, 7) is 1.43. The Morgan fingerprint density at radius 1 is 1.37 bits per heavy atom. The Balaban J connectivity index is 2.17. The predicted octanol–water partition coefficient (Wildman–Crippen LogP) is 2.03. The van der Waals surface area contributed by atoms with E-state index in [1.165, 1.54) is 12.3 Å². The molecule has 106 valence electrons. The van der Waals surface area contributed by atoms with E-state index in [4.69, 9.17) is 0 Å². The lowest BCUT2D eigenvalue weighted by molar-refractivity contribution is -0.144. The molecule has 1 aliphatic heterocycles. The van der Waals surface area contributed by atoms with Crippen molar-refractivity contribution in [2.45, 2.75) is 25.1 Å². The van der Waals surface area contributed by atoms with Crippen molar-refractivity contribution < 1.29 is 13.2 Å². The molecule has 2 rings (SSSR count). The summed E-state index contributed by atoms with van der Waals surface area (Å²) in [7, 11) is 3.96. The average Bonchev–Trinajstić information content (AvgIpc) is 2.38. The lowest BCUT2D eigenvalue weighted by atomic mass is 10.1. The molecule has 4 nitrogen and oxygen atoms in total. The number of alkyl halides is 3. The highest BCUT2D eigenvalue weighted by Gasteiger charge is 2.35. The minimum atomic E-state index is -4.49. The van der Waals surface area contributed by atoms with Crippen molar-refractivity contribution in [3.8, 4) is 0 Å². The summed E-state index contributed by atoms with van der Waals surface area (Å²) >= 11 is 0. The molecule has 19 heavy (non-hydrogen) atoms. The first-order chi connectivity index (χ1) is 8.88. The molecule has 1 atom stereocenters. The Bertz CT molecular complexity index is 433. The maximum Gasteiger partial charge on any atom is 0.451 e. The second kappa shape index (κ2) is 5.32. The summed E-state index contributed by atoms with van der Waals surface area (Å²) in [6.07, 6.45) is -1.31. The van der Waals surface area contributed by atoms with Crippen LogP contribution in [0.1, 0.15) is 18.7 Å². The maximum atomic E-state index is 12.6. The van der Waals surface area contributed by atoms with E-state index in [2.05, 4.69) is 14.9 Å². The highest BCUT2D eigenvalue weighted by molar-refractivity contribution is 5.38. The van der Waals surface area contributed by atoms with E-state index in [1.807, 2.05) is 19.0 Å². The van der Waals surface area contributed by atoms with Crippen LogP contribution in [0, 0.1) is 0 Å². The normalized spacial score (nSPS) is 20.9. The third-order valence-corrected chi connectivity index (χ3v) is 3.35. The van der Waals surface area contributed by atoms with Gasteiger partial charge < -0.3 is 9.80 Å². The van der Waals surface area contributed by atoms with Crippen LogP contribution in [0.5, 0.6) is 0 Å². The average molecular weight is 274 g/mol. The summed E-state index contributed by atoms with van der Waals surface area (Å²) < 4.78 is 37.8. The number of rotatable bonds is 2. The fourth-order valence-corrected chi connectivity index (χ4v) is 2.25. The third kappa shape index (κ3) is 3.34. The molecule has 1 aromatic heterocycles. The summed E-state index contributed by atoms with van der Waals surface area (Å²) in [5, 5.41) is 0. The van der Waals surface area contributed by atoms with Crippen LogP contribution >= 0.6 is 0 Å². The van der Waals surface area contributed by atoms with Crippen LogP contribution in [0.25, 0.3) is 0 Å². The van der Waals surface area contributed by atoms with E-state index in [0.717, 1.165) is 19.4 Å². The molecular formula is C12H17F3N4. The number of hydrogen-bond acceptors (Lipinski definition) is 4. The Labute approximate surface area is 110 Å². The zero-order chi connectivity index (χ0) is 14.0. The van der Waals surface area contributed by atoms with Crippen LogP contribution in [0.4, 0.5) is 19.0 Å². The van der Waals surface area contributed by atoms with Crippen molar-refractivity contribution in [1.29, 1.82) is 0 Å². The number of aromatic nitrogens is 2. The highest BCUT2D eigenvalue weighted by Crippen LogP contribution is 2.28. The van der Waals surface area contributed by atoms with Gasteiger partial charge in [0.25, 0.3) is 0 Å². The van der Waals surface area contributed by atoms with E-state index in [9.17, 15) is 13.2 Å². The monoisotopic (exact) mass is 274 g/mol. The van der Waals surface area contributed by atoms with E-state index in [1.54, 1.807) is 0 Å². The van der Waals surface area contributed by atoms with E-state index < -0.39 is 12.0 Å². The lowest BCUT2D eigenvalue weighted by Gasteiger charge is -2.36. The molecule has 0 amide bonds. The van der Waals surface area contributed by atoms with Gasteiger partial charge in [0.05, 0.1) is 0 Å². The molecule has 2 heterocycles. The predicted molar refractivity (Wildman–Crippen MR) is 66.0 cm³/mol. The molecule has 0 spiro atoms. The zero-order valence-corrected chi connectivity index (χ0v) is 11.0. The topological polar surface area (TPSA) is 32.3 Å². The molecule has 1 fully saturated rings. The number of hydrogen-bond donors (Lipinski definition) is 0. The molecule has 0 aromatic carbocycles. The molecule has 1 aromatic rings. The summed E-state index contributed by atoms with van der Waals surface area (Å²) in [4.78, 5) is 10.9. The SMILES string of the molecule is CN(C)[C@H]1CCCN(c2ccnc(C(F)(F)F)n2)C1. The van der Waals surface area contributed by atoms with Gasteiger partial charge in [-0.25, -0.2) is 9.97 Å². The standard InChI is InChI=1S/C12H17F3N4/c1-18(2)9-4-3-7-19(8-9)10-5-6-16-11(17-10)12(13,14)15/h5-6,9H,3-4,7-8H2,1-2H3/t9-/m0/s1. The first kappa shape index (κ1) is 14.0.